The van der Waals surface area contributed by atoms with Crippen LogP contribution < -0.4 is 10.1 Å². The lowest BCUT2D eigenvalue weighted by molar-refractivity contribution is -0.116. The first-order chi connectivity index (χ1) is 18.4. The lowest BCUT2D eigenvalue weighted by Gasteiger charge is -2.13. The minimum atomic E-state index is -1.21. The minimum absolute atomic E-state index is 0.0492. The maximum Gasteiger partial charge on any atom is 0.335 e. The summed E-state index contributed by atoms with van der Waals surface area (Å²) in [4.78, 5) is 23.7. The third kappa shape index (κ3) is 12.7. The number of amides is 1. The van der Waals surface area contributed by atoms with Gasteiger partial charge in [0.05, 0.1) is 11.3 Å². The number of phenolic OH excluding ortho intramolecular Hbond substituents is 2. The van der Waals surface area contributed by atoms with Gasteiger partial charge in [-0.1, -0.05) is 70.4 Å². The zero-order chi connectivity index (χ0) is 27.6. The van der Waals surface area contributed by atoms with Crippen LogP contribution in [-0.2, 0) is 4.79 Å². The van der Waals surface area contributed by atoms with E-state index in [0.29, 0.717) is 6.42 Å². The van der Waals surface area contributed by atoms with Crippen molar-refractivity contribution in [2.75, 3.05) is 5.32 Å². The summed E-state index contributed by atoms with van der Waals surface area (Å²) >= 11 is 0. The van der Waals surface area contributed by atoms with Gasteiger partial charge in [-0.3, -0.25) is 4.79 Å². The average molecular weight is 526 g/mol. The summed E-state index contributed by atoms with van der Waals surface area (Å²) in [7, 11) is 0. The molecule has 0 bridgehead atoms. The predicted molar refractivity (Wildman–Crippen MR) is 151 cm³/mol. The van der Waals surface area contributed by atoms with Gasteiger partial charge < -0.3 is 25.4 Å². The molecular formula is C31H43NO6. The van der Waals surface area contributed by atoms with Crippen molar-refractivity contribution < 1.29 is 29.6 Å². The van der Waals surface area contributed by atoms with Gasteiger partial charge in [-0.15, -0.1) is 0 Å². The zero-order valence-electron chi connectivity index (χ0n) is 22.6. The average Bonchev–Trinajstić information content (AvgIpc) is 2.87. The fourth-order valence-corrected chi connectivity index (χ4v) is 4.17. The van der Waals surface area contributed by atoms with Gasteiger partial charge in [0.25, 0.3) is 0 Å². The number of ether oxygens (including phenoxy) is 1. The molecule has 2 aromatic rings. The number of hydrogen-bond donors (Lipinski definition) is 4. The first-order valence-corrected chi connectivity index (χ1v) is 13.9. The van der Waals surface area contributed by atoms with Crippen LogP contribution in [0.25, 0.3) is 0 Å². The van der Waals surface area contributed by atoms with Crippen LogP contribution in [0.4, 0.5) is 5.69 Å². The van der Waals surface area contributed by atoms with Gasteiger partial charge >= 0.3 is 5.97 Å². The molecule has 0 aromatic heterocycles. The number of carboxylic acids is 1. The molecule has 0 radical (unpaired) electrons. The molecular weight excluding hydrogens is 482 g/mol. The van der Waals surface area contributed by atoms with Crippen LogP contribution in [0.2, 0.25) is 0 Å². The van der Waals surface area contributed by atoms with Crippen molar-refractivity contribution in [3.63, 3.8) is 0 Å². The number of anilines is 1. The Bertz CT molecular complexity index is 1030. The number of nitrogens with one attached hydrogen (secondary N) is 1. The number of carboxylic acid groups (broad SMARTS) is 1. The SMILES string of the molecule is CCCCCCCCCCCC=CCCCCC(=O)Nc1cc(O)ccc1Oc1cc(O)cc(C(=O)O)c1. The highest BCUT2D eigenvalue weighted by atomic mass is 16.5. The van der Waals surface area contributed by atoms with Crippen LogP contribution in [0.5, 0.6) is 23.0 Å². The Morgan fingerprint density at radius 3 is 2.08 bits per heavy atom. The molecule has 2 rings (SSSR count). The maximum absolute atomic E-state index is 12.5. The lowest BCUT2D eigenvalue weighted by atomic mass is 10.1. The first-order valence-electron chi connectivity index (χ1n) is 13.9. The van der Waals surface area contributed by atoms with Crippen molar-refractivity contribution >= 4 is 17.6 Å². The summed E-state index contributed by atoms with van der Waals surface area (Å²) in [5.74, 6) is -1.40. The second-order valence-electron chi connectivity index (χ2n) is 9.69. The highest BCUT2D eigenvalue weighted by Crippen LogP contribution is 2.34. The summed E-state index contributed by atoms with van der Waals surface area (Å²) in [5, 5.41) is 31.6. The van der Waals surface area contributed by atoms with Gasteiger partial charge in [0.1, 0.15) is 17.2 Å². The lowest BCUT2D eigenvalue weighted by Crippen LogP contribution is -2.11. The normalized spacial score (nSPS) is 11.1. The monoisotopic (exact) mass is 525 g/mol. The summed E-state index contributed by atoms with van der Waals surface area (Å²) in [6, 6.07) is 7.88. The molecule has 0 spiro atoms. The largest absolute Gasteiger partial charge is 0.508 e. The Morgan fingerprint density at radius 1 is 0.789 bits per heavy atom. The van der Waals surface area contributed by atoms with Gasteiger partial charge in [-0.25, -0.2) is 4.79 Å². The molecule has 1 amide bonds. The standard InChI is InChI=1S/C31H43NO6/c1-2-3-4-5-6-7-8-9-10-11-12-13-14-15-16-17-30(35)32-28-23-25(33)18-19-29(28)38-27-21-24(31(36)37)20-26(34)22-27/h12-13,18-23,33-34H,2-11,14-17H2,1H3,(H,32,35)(H,36,37). The zero-order valence-corrected chi connectivity index (χ0v) is 22.6. The molecule has 0 saturated heterocycles. The Morgan fingerprint density at radius 2 is 1.42 bits per heavy atom. The molecule has 0 aliphatic heterocycles. The van der Waals surface area contributed by atoms with Crippen LogP contribution >= 0.6 is 0 Å². The molecule has 0 fully saturated rings. The van der Waals surface area contributed by atoms with E-state index in [2.05, 4.69) is 24.4 Å². The quantitative estimate of drug-likeness (QED) is 0.108. The molecule has 7 heteroatoms. The van der Waals surface area contributed by atoms with E-state index in [-0.39, 0.29) is 40.2 Å². The number of aromatic hydroxyl groups is 2. The van der Waals surface area contributed by atoms with Crippen molar-refractivity contribution in [3.8, 4) is 23.0 Å². The number of carbonyl (C=O) groups excluding carboxylic acids is 1. The van der Waals surface area contributed by atoms with Crippen molar-refractivity contribution in [2.45, 2.75) is 96.8 Å². The van der Waals surface area contributed by atoms with E-state index in [0.717, 1.165) is 31.7 Å². The summed E-state index contributed by atoms with van der Waals surface area (Å²) < 4.78 is 5.71. The van der Waals surface area contributed by atoms with Crippen LogP contribution in [0.1, 0.15) is 107 Å². The fourth-order valence-electron chi connectivity index (χ4n) is 4.17. The van der Waals surface area contributed by atoms with E-state index >= 15 is 0 Å². The van der Waals surface area contributed by atoms with Crippen LogP contribution in [0, 0.1) is 0 Å². The second kappa shape index (κ2) is 17.9. The van der Waals surface area contributed by atoms with Crippen molar-refractivity contribution in [3.05, 3.63) is 54.1 Å². The molecule has 208 valence electrons. The van der Waals surface area contributed by atoms with Crippen LogP contribution in [0.15, 0.2) is 48.6 Å². The van der Waals surface area contributed by atoms with E-state index in [1.807, 2.05) is 0 Å². The third-order valence-electron chi connectivity index (χ3n) is 6.27. The number of aromatic carboxylic acids is 1. The topological polar surface area (TPSA) is 116 Å². The summed E-state index contributed by atoms with van der Waals surface area (Å²) in [6.45, 7) is 2.25. The number of hydrogen-bond acceptors (Lipinski definition) is 5. The third-order valence-corrected chi connectivity index (χ3v) is 6.27. The Balaban J connectivity index is 1.67. The number of unbranched alkanes of at least 4 members (excludes halogenated alkanes) is 11. The van der Waals surface area contributed by atoms with Gasteiger partial charge in [-0.2, -0.15) is 0 Å². The minimum Gasteiger partial charge on any atom is -0.508 e. The van der Waals surface area contributed by atoms with E-state index in [4.69, 9.17) is 4.74 Å². The molecule has 0 aliphatic rings. The van der Waals surface area contributed by atoms with Gasteiger partial charge in [0, 0.05) is 18.6 Å². The van der Waals surface area contributed by atoms with Crippen molar-refractivity contribution in [1.82, 2.24) is 0 Å². The van der Waals surface area contributed by atoms with Gasteiger partial charge in [-0.05, 0) is 56.4 Å². The number of phenols is 2. The highest BCUT2D eigenvalue weighted by Gasteiger charge is 2.13. The van der Waals surface area contributed by atoms with E-state index in [9.17, 15) is 24.9 Å². The van der Waals surface area contributed by atoms with Gasteiger partial charge in [0.2, 0.25) is 5.91 Å². The van der Waals surface area contributed by atoms with Crippen molar-refractivity contribution in [2.24, 2.45) is 0 Å². The molecule has 0 saturated carbocycles. The number of carbonyl (C=O) groups is 2. The first kappa shape index (κ1) is 30.7. The number of allylic oxidation sites excluding steroid dienone is 2. The van der Waals surface area contributed by atoms with E-state index < -0.39 is 5.97 Å². The fraction of sp³-hybridized carbons (Fsp3) is 0.484. The molecule has 38 heavy (non-hydrogen) atoms. The molecule has 0 atom stereocenters. The van der Waals surface area contributed by atoms with Crippen molar-refractivity contribution in [1.29, 1.82) is 0 Å². The number of benzene rings is 2. The smallest absolute Gasteiger partial charge is 0.335 e. The molecule has 4 N–H and O–H groups in total. The van der Waals surface area contributed by atoms with Crippen LogP contribution in [0.3, 0.4) is 0 Å². The van der Waals surface area contributed by atoms with E-state index in [1.165, 1.54) is 88.1 Å². The van der Waals surface area contributed by atoms with Crippen LogP contribution in [-0.4, -0.2) is 27.2 Å². The molecule has 0 aliphatic carbocycles. The summed E-state index contributed by atoms with van der Waals surface area (Å²) in [5.41, 5.74) is 0.127. The Hall–Kier alpha value is -3.48. The molecule has 2 aromatic carbocycles. The summed E-state index contributed by atoms with van der Waals surface area (Å²) in [6.07, 6.45) is 20.5. The van der Waals surface area contributed by atoms with E-state index in [1.54, 1.807) is 0 Å². The Kier molecular flexibility index (Phi) is 14.5. The maximum atomic E-state index is 12.5. The second-order valence-corrected chi connectivity index (χ2v) is 9.69. The highest BCUT2D eigenvalue weighted by molar-refractivity contribution is 5.92. The molecule has 0 heterocycles. The predicted octanol–water partition coefficient (Wildman–Crippen LogP) is 8.56. The Labute approximate surface area is 226 Å². The molecule has 7 nitrogen and oxygen atoms in total. The number of rotatable bonds is 19. The van der Waals surface area contributed by atoms with Gasteiger partial charge in [0.15, 0.2) is 5.75 Å². The molecule has 0 unspecified atom stereocenters.